The van der Waals surface area contributed by atoms with Gasteiger partial charge < -0.3 is 10.2 Å². The van der Waals surface area contributed by atoms with Gasteiger partial charge in [-0.05, 0) is 17.7 Å². The second-order valence-electron chi connectivity index (χ2n) is 5.06. The molecule has 22 heavy (non-hydrogen) atoms. The van der Waals surface area contributed by atoms with Gasteiger partial charge in [-0.25, -0.2) is 14.6 Å². The van der Waals surface area contributed by atoms with Crippen molar-refractivity contribution in [3.63, 3.8) is 0 Å². The summed E-state index contributed by atoms with van der Waals surface area (Å²) < 4.78 is 1.86. The largest absolute Gasteiger partial charge is 0.363 e. The standard InChI is InChI=1S/C16H18N6/c1-21(2)16-15(17-9-10-18-16)19-12-13-6-3-4-7-14(13)22-11-5-8-20-22/h3-11H,12H2,1-2H3,(H,17,19). The molecule has 0 atom stereocenters. The number of aromatic nitrogens is 4. The van der Waals surface area contributed by atoms with Crippen molar-refractivity contribution in [1.29, 1.82) is 0 Å². The molecular weight excluding hydrogens is 276 g/mol. The van der Waals surface area contributed by atoms with Crippen LogP contribution in [0.5, 0.6) is 0 Å². The van der Waals surface area contributed by atoms with Crippen LogP contribution in [0.4, 0.5) is 11.6 Å². The minimum Gasteiger partial charge on any atom is -0.363 e. The molecule has 1 N–H and O–H groups in total. The first-order chi connectivity index (χ1) is 10.8. The van der Waals surface area contributed by atoms with Crippen molar-refractivity contribution < 1.29 is 0 Å². The van der Waals surface area contributed by atoms with E-state index >= 15 is 0 Å². The molecule has 0 spiro atoms. The maximum absolute atomic E-state index is 4.37. The highest BCUT2D eigenvalue weighted by Crippen LogP contribution is 2.20. The summed E-state index contributed by atoms with van der Waals surface area (Å²) in [4.78, 5) is 10.7. The number of benzene rings is 1. The summed E-state index contributed by atoms with van der Waals surface area (Å²) >= 11 is 0. The first kappa shape index (κ1) is 14.1. The number of anilines is 2. The fourth-order valence-electron chi connectivity index (χ4n) is 2.26. The minimum absolute atomic E-state index is 0.648. The molecule has 2 aromatic heterocycles. The Bertz CT molecular complexity index is 736. The highest BCUT2D eigenvalue weighted by Gasteiger charge is 2.08. The van der Waals surface area contributed by atoms with Crippen LogP contribution < -0.4 is 10.2 Å². The maximum Gasteiger partial charge on any atom is 0.171 e. The Morgan fingerprint density at radius 1 is 1.05 bits per heavy atom. The van der Waals surface area contributed by atoms with Crippen molar-refractivity contribution in [3.05, 3.63) is 60.7 Å². The molecule has 0 aliphatic carbocycles. The zero-order valence-electron chi connectivity index (χ0n) is 12.6. The minimum atomic E-state index is 0.648. The van der Waals surface area contributed by atoms with Crippen LogP contribution >= 0.6 is 0 Å². The lowest BCUT2D eigenvalue weighted by molar-refractivity contribution is 0.863. The molecule has 0 saturated carbocycles. The van der Waals surface area contributed by atoms with E-state index < -0.39 is 0 Å². The molecule has 3 rings (SSSR count). The van der Waals surface area contributed by atoms with Crippen molar-refractivity contribution in [3.8, 4) is 5.69 Å². The first-order valence-corrected chi connectivity index (χ1v) is 7.06. The summed E-state index contributed by atoms with van der Waals surface area (Å²) in [7, 11) is 3.90. The molecule has 0 unspecified atom stereocenters. The lowest BCUT2D eigenvalue weighted by Crippen LogP contribution is -2.15. The van der Waals surface area contributed by atoms with Crippen LogP contribution in [0.25, 0.3) is 5.69 Å². The summed E-state index contributed by atoms with van der Waals surface area (Å²) in [6.07, 6.45) is 7.09. The normalized spacial score (nSPS) is 10.5. The smallest absolute Gasteiger partial charge is 0.171 e. The van der Waals surface area contributed by atoms with Crippen LogP contribution in [0.3, 0.4) is 0 Å². The van der Waals surface area contributed by atoms with Crippen molar-refractivity contribution >= 4 is 11.6 Å². The number of hydrogen-bond acceptors (Lipinski definition) is 5. The van der Waals surface area contributed by atoms with Gasteiger partial charge in [0.1, 0.15) is 0 Å². The van der Waals surface area contributed by atoms with E-state index in [2.05, 4.69) is 26.4 Å². The fraction of sp³-hybridized carbons (Fsp3) is 0.188. The average Bonchev–Trinajstić information content (AvgIpc) is 3.07. The Kier molecular flexibility index (Phi) is 4.00. The first-order valence-electron chi connectivity index (χ1n) is 7.06. The summed E-state index contributed by atoms with van der Waals surface area (Å²) in [6.45, 7) is 0.648. The van der Waals surface area contributed by atoms with Gasteiger partial charge in [0.25, 0.3) is 0 Å². The molecule has 6 nitrogen and oxygen atoms in total. The highest BCUT2D eigenvalue weighted by atomic mass is 15.3. The molecule has 3 aromatic rings. The van der Waals surface area contributed by atoms with Crippen LogP contribution in [-0.4, -0.2) is 33.8 Å². The molecule has 112 valence electrons. The van der Waals surface area contributed by atoms with Gasteiger partial charge in [-0.3, -0.25) is 0 Å². The van der Waals surface area contributed by atoms with Crippen LogP contribution in [0.15, 0.2) is 55.1 Å². The summed E-state index contributed by atoms with van der Waals surface area (Å²) in [5, 5.41) is 7.66. The second kappa shape index (κ2) is 6.26. The van der Waals surface area contributed by atoms with Crippen LogP contribution in [0, 0.1) is 0 Å². The van der Waals surface area contributed by atoms with Crippen LogP contribution in [-0.2, 0) is 6.54 Å². The van der Waals surface area contributed by atoms with E-state index in [1.165, 1.54) is 0 Å². The van der Waals surface area contributed by atoms with Crippen molar-refractivity contribution in [1.82, 2.24) is 19.7 Å². The Morgan fingerprint density at radius 3 is 2.64 bits per heavy atom. The van der Waals surface area contributed by atoms with Crippen molar-refractivity contribution in [2.75, 3.05) is 24.3 Å². The zero-order chi connectivity index (χ0) is 15.4. The number of nitrogens with zero attached hydrogens (tertiary/aromatic N) is 5. The molecular formula is C16H18N6. The molecule has 6 heteroatoms. The van der Waals surface area contributed by atoms with Gasteiger partial charge in [0.2, 0.25) is 0 Å². The fourth-order valence-corrected chi connectivity index (χ4v) is 2.26. The quantitative estimate of drug-likeness (QED) is 0.782. The Hall–Kier alpha value is -2.89. The van der Waals surface area contributed by atoms with Gasteiger partial charge in [-0.2, -0.15) is 5.10 Å². The average molecular weight is 294 g/mol. The predicted molar refractivity (Wildman–Crippen MR) is 87.2 cm³/mol. The van der Waals surface area contributed by atoms with E-state index in [1.54, 1.807) is 18.6 Å². The molecule has 0 bridgehead atoms. The van der Waals surface area contributed by atoms with Gasteiger partial charge in [0, 0.05) is 45.4 Å². The summed E-state index contributed by atoms with van der Waals surface area (Å²) in [5.74, 6) is 1.59. The lowest BCUT2D eigenvalue weighted by atomic mass is 10.2. The number of nitrogens with one attached hydrogen (secondary N) is 1. The van der Waals surface area contributed by atoms with Gasteiger partial charge in [-0.1, -0.05) is 18.2 Å². The SMILES string of the molecule is CN(C)c1nccnc1NCc1ccccc1-n1cccn1. The highest BCUT2D eigenvalue weighted by molar-refractivity contribution is 5.60. The molecule has 0 saturated heterocycles. The molecule has 0 fully saturated rings. The molecule has 0 aliphatic heterocycles. The third-order valence-corrected chi connectivity index (χ3v) is 3.29. The van der Waals surface area contributed by atoms with E-state index in [-0.39, 0.29) is 0 Å². The number of para-hydroxylation sites is 1. The van der Waals surface area contributed by atoms with Gasteiger partial charge >= 0.3 is 0 Å². The van der Waals surface area contributed by atoms with Crippen molar-refractivity contribution in [2.24, 2.45) is 0 Å². The van der Waals surface area contributed by atoms with Crippen LogP contribution in [0.1, 0.15) is 5.56 Å². The van der Waals surface area contributed by atoms with Gasteiger partial charge in [0.15, 0.2) is 11.6 Å². The van der Waals surface area contributed by atoms with E-state index in [1.807, 2.05) is 54.1 Å². The Labute approximate surface area is 129 Å². The van der Waals surface area contributed by atoms with E-state index in [0.29, 0.717) is 6.54 Å². The second-order valence-corrected chi connectivity index (χ2v) is 5.06. The molecule has 1 aromatic carbocycles. The van der Waals surface area contributed by atoms with E-state index in [4.69, 9.17) is 0 Å². The maximum atomic E-state index is 4.37. The third-order valence-electron chi connectivity index (χ3n) is 3.29. The van der Waals surface area contributed by atoms with Crippen LogP contribution in [0.2, 0.25) is 0 Å². The zero-order valence-corrected chi connectivity index (χ0v) is 12.6. The van der Waals surface area contributed by atoms with Crippen molar-refractivity contribution in [2.45, 2.75) is 6.54 Å². The third kappa shape index (κ3) is 2.90. The molecule has 0 radical (unpaired) electrons. The Morgan fingerprint density at radius 2 is 1.86 bits per heavy atom. The van der Waals surface area contributed by atoms with Gasteiger partial charge in [-0.15, -0.1) is 0 Å². The summed E-state index contributed by atoms with van der Waals surface area (Å²) in [5.41, 5.74) is 2.19. The Balaban J connectivity index is 1.84. The monoisotopic (exact) mass is 294 g/mol. The molecule has 2 heterocycles. The van der Waals surface area contributed by atoms with Gasteiger partial charge in [0.05, 0.1) is 5.69 Å². The molecule has 0 amide bonds. The summed E-state index contributed by atoms with van der Waals surface area (Å²) in [6, 6.07) is 10.1. The molecule has 0 aliphatic rings. The number of rotatable bonds is 5. The predicted octanol–water partition coefficient (Wildman–Crippen LogP) is 2.34. The number of hydrogen-bond donors (Lipinski definition) is 1. The van der Waals surface area contributed by atoms with E-state index in [0.717, 1.165) is 22.9 Å². The van der Waals surface area contributed by atoms with E-state index in [9.17, 15) is 0 Å². The topological polar surface area (TPSA) is 58.9 Å². The lowest BCUT2D eigenvalue weighted by Gasteiger charge is -2.16.